The molecule has 3 aromatic rings. The van der Waals surface area contributed by atoms with E-state index in [1.165, 1.54) is 22.3 Å². The van der Waals surface area contributed by atoms with E-state index in [4.69, 9.17) is 23.8 Å². The molecule has 2 heterocycles. The van der Waals surface area contributed by atoms with Gasteiger partial charge in [0.05, 0.1) is 5.39 Å². The van der Waals surface area contributed by atoms with E-state index in [1.54, 1.807) is 23.5 Å². The zero-order valence-corrected chi connectivity index (χ0v) is 15.6. The molecule has 0 radical (unpaired) electrons. The quantitative estimate of drug-likeness (QED) is 0.649. The third-order valence-corrected chi connectivity index (χ3v) is 5.85. The first kappa shape index (κ1) is 16.5. The van der Waals surface area contributed by atoms with Crippen LogP contribution in [0.3, 0.4) is 0 Å². The van der Waals surface area contributed by atoms with E-state index in [-0.39, 0.29) is 5.56 Å². The van der Waals surface area contributed by atoms with Crippen molar-refractivity contribution in [3.8, 4) is 0 Å². The van der Waals surface area contributed by atoms with E-state index in [9.17, 15) is 4.79 Å². The third kappa shape index (κ3) is 3.27. The maximum Gasteiger partial charge on any atom is 0.281 e. The number of halogens is 1. The second kappa shape index (κ2) is 6.74. The van der Waals surface area contributed by atoms with Gasteiger partial charge in [-0.25, -0.2) is 9.66 Å². The molecular weight excluding hydrogens is 376 g/mol. The molecule has 2 aromatic heterocycles. The van der Waals surface area contributed by atoms with Crippen molar-refractivity contribution in [1.29, 1.82) is 0 Å². The molecule has 0 spiro atoms. The first-order chi connectivity index (χ1) is 12.1. The smallest absolute Gasteiger partial charge is 0.281 e. The van der Waals surface area contributed by atoms with Crippen LogP contribution in [-0.2, 0) is 12.8 Å². The highest BCUT2D eigenvalue weighted by molar-refractivity contribution is 7.80. The number of thiocarbonyl (C=S) groups is 1. The van der Waals surface area contributed by atoms with E-state index in [0.717, 1.165) is 40.7 Å². The summed E-state index contributed by atoms with van der Waals surface area (Å²) in [6.45, 7) is 0. The number of benzene rings is 1. The van der Waals surface area contributed by atoms with Crippen molar-refractivity contribution in [2.45, 2.75) is 25.7 Å². The summed E-state index contributed by atoms with van der Waals surface area (Å²) in [5, 5.41) is 4.72. The van der Waals surface area contributed by atoms with Crippen molar-refractivity contribution in [2.75, 3.05) is 10.7 Å². The molecule has 8 heteroatoms. The highest BCUT2D eigenvalue weighted by Gasteiger charge is 2.20. The average Bonchev–Trinajstić information content (AvgIpc) is 2.99. The first-order valence-electron chi connectivity index (χ1n) is 7.97. The van der Waals surface area contributed by atoms with Gasteiger partial charge in [-0.3, -0.25) is 10.2 Å². The standard InChI is InChI=1S/C17H15ClN4OS2/c18-10-5-7-11(8-6-10)20-17(24)21-22-9-19-15-14(16(22)23)12-3-1-2-4-13(12)25-15/h5-9H,1-4H2,(H2,20,21,24). The van der Waals surface area contributed by atoms with Gasteiger partial charge in [0.1, 0.15) is 11.2 Å². The lowest BCUT2D eigenvalue weighted by molar-refractivity contribution is 0.699. The Morgan fingerprint density at radius 3 is 2.80 bits per heavy atom. The minimum Gasteiger partial charge on any atom is -0.331 e. The van der Waals surface area contributed by atoms with Crippen LogP contribution in [0, 0.1) is 0 Å². The van der Waals surface area contributed by atoms with Crippen molar-refractivity contribution in [3.63, 3.8) is 0 Å². The maximum absolute atomic E-state index is 12.9. The van der Waals surface area contributed by atoms with Gasteiger partial charge < -0.3 is 5.32 Å². The highest BCUT2D eigenvalue weighted by atomic mass is 35.5. The fraction of sp³-hybridized carbons (Fsp3) is 0.235. The zero-order valence-electron chi connectivity index (χ0n) is 13.2. The van der Waals surface area contributed by atoms with E-state index < -0.39 is 0 Å². The molecule has 0 atom stereocenters. The summed E-state index contributed by atoms with van der Waals surface area (Å²) in [4.78, 5) is 19.4. The summed E-state index contributed by atoms with van der Waals surface area (Å²) in [7, 11) is 0. The molecule has 25 heavy (non-hydrogen) atoms. The Hall–Kier alpha value is -1.96. The van der Waals surface area contributed by atoms with E-state index in [0.29, 0.717) is 10.1 Å². The Kier molecular flexibility index (Phi) is 4.45. The predicted octanol–water partition coefficient (Wildman–Crippen LogP) is 3.93. The Morgan fingerprint density at radius 1 is 1.24 bits per heavy atom. The minimum atomic E-state index is -0.107. The zero-order chi connectivity index (χ0) is 17.4. The number of thiophene rings is 1. The lowest BCUT2D eigenvalue weighted by Gasteiger charge is -2.13. The summed E-state index contributed by atoms with van der Waals surface area (Å²) >= 11 is 12.8. The Bertz CT molecular complexity index is 1010. The molecule has 0 amide bonds. The van der Waals surface area contributed by atoms with Crippen LogP contribution in [0.2, 0.25) is 5.02 Å². The van der Waals surface area contributed by atoms with Crippen LogP contribution in [0.15, 0.2) is 35.4 Å². The number of nitrogens with zero attached hydrogens (tertiary/aromatic N) is 2. The largest absolute Gasteiger partial charge is 0.331 e. The number of hydrogen-bond acceptors (Lipinski definition) is 4. The molecule has 128 valence electrons. The minimum absolute atomic E-state index is 0.107. The molecule has 0 bridgehead atoms. The van der Waals surface area contributed by atoms with Crippen molar-refractivity contribution in [3.05, 3.63) is 56.4 Å². The van der Waals surface area contributed by atoms with Crippen LogP contribution in [-0.4, -0.2) is 14.8 Å². The normalized spacial score (nSPS) is 13.5. The molecule has 0 fully saturated rings. The van der Waals surface area contributed by atoms with Crippen molar-refractivity contribution >= 4 is 56.2 Å². The first-order valence-corrected chi connectivity index (χ1v) is 9.57. The van der Waals surface area contributed by atoms with Gasteiger partial charge >= 0.3 is 0 Å². The van der Waals surface area contributed by atoms with Gasteiger partial charge in [0.25, 0.3) is 5.56 Å². The van der Waals surface area contributed by atoms with Gasteiger partial charge in [-0.1, -0.05) is 11.6 Å². The lowest BCUT2D eigenvalue weighted by Crippen LogP contribution is -2.35. The Balaban J connectivity index is 1.61. The molecule has 1 aliphatic carbocycles. The van der Waals surface area contributed by atoms with Crippen LogP contribution in [0.25, 0.3) is 10.2 Å². The monoisotopic (exact) mass is 390 g/mol. The van der Waals surface area contributed by atoms with E-state index in [2.05, 4.69) is 15.7 Å². The fourth-order valence-corrected chi connectivity index (χ4v) is 4.59. The average molecular weight is 391 g/mol. The number of hydrogen-bond donors (Lipinski definition) is 2. The van der Waals surface area contributed by atoms with Crippen LogP contribution < -0.4 is 16.3 Å². The Labute approximate surface area is 158 Å². The van der Waals surface area contributed by atoms with Gasteiger partial charge in [-0.2, -0.15) is 0 Å². The number of aryl methyl sites for hydroxylation is 2. The molecular formula is C17H15ClN4OS2. The topological polar surface area (TPSA) is 59.0 Å². The molecule has 0 unspecified atom stereocenters. The number of aromatic nitrogens is 2. The molecule has 0 saturated heterocycles. The number of rotatable bonds is 2. The second-order valence-electron chi connectivity index (χ2n) is 5.88. The summed E-state index contributed by atoms with van der Waals surface area (Å²) in [5.74, 6) is 0. The molecule has 0 aliphatic heterocycles. The van der Waals surface area contributed by atoms with Crippen LogP contribution >= 0.6 is 35.2 Å². The highest BCUT2D eigenvalue weighted by Crippen LogP contribution is 2.33. The van der Waals surface area contributed by atoms with Crippen LogP contribution in [0.5, 0.6) is 0 Å². The number of anilines is 1. The number of nitrogens with one attached hydrogen (secondary N) is 2. The lowest BCUT2D eigenvalue weighted by atomic mass is 9.97. The van der Waals surface area contributed by atoms with Crippen LogP contribution in [0.4, 0.5) is 5.69 Å². The van der Waals surface area contributed by atoms with Crippen molar-refractivity contribution in [1.82, 2.24) is 9.66 Å². The maximum atomic E-state index is 12.9. The molecule has 2 N–H and O–H groups in total. The van der Waals surface area contributed by atoms with Crippen molar-refractivity contribution in [2.24, 2.45) is 0 Å². The molecule has 1 aliphatic rings. The van der Waals surface area contributed by atoms with Crippen LogP contribution in [0.1, 0.15) is 23.3 Å². The second-order valence-corrected chi connectivity index (χ2v) is 7.81. The molecule has 0 saturated carbocycles. The third-order valence-electron chi connectivity index (χ3n) is 4.20. The Morgan fingerprint density at radius 2 is 2.00 bits per heavy atom. The molecule has 5 nitrogen and oxygen atoms in total. The predicted molar refractivity (Wildman–Crippen MR) is 108 cm³/mol. The number of fused-ring (bicyclic) bond motifs is 3. The molecule has 1 aromatic carbocycles. The van der Waals surface area contributed by atoms with E-state index >= 15 is 0 Å². The van der Waals surface area contributed by atoms with Gasteiger partial charge in [0, 0.05) is 15.6 Å². The fourth-order valence-electron chi connectivity index (χ4n) is 3.03. The summed E-state index contributed by atoms with van der Waals surface area (Å²) < 4.78 is 1.34. The summed E-state index contributed by atoms with van der Waals surface area (Å²) in [6, 6.07) is 7.17. The SMILES string of the molecule is O=c1c2c3c(sc2ncn1NC(=S)Nc1ccc(Cl)cc1)CCCC3. The van der Waals surface area contributed by atoms with Gasteiger partial charge in [0.15, 0.2) is 5.11 Å². The van der Waals surface area contributed by atoms with E-state index in [1.807, 2.05) is 12.1 Å². The van der Waals surface area contributed by atoms with Gasteiger partial charge in [0.2, 0.25) is 0 Å². The van der Waals surface area contributed by atoms with Gasteiger partial charge in [-0.05, 0) is 67.7 Å². The van der Waals surface area contributed by atoms with Crippen molar-refractivity contribution < 1.29 is 0 Å². The summed E-state index contributed by atoms with van der Waals surface area (Å²) in [5.41, 5.74) is 4.74. The summed E-state index contributed by atoms with van der Waals surface area (Å²) in [6.07, 6.45) is 5.78. The molecule has 4 rings (SSSR count). The van der Waals surface area contributed by atoms with Gasteiger partial charge in [-0.15, -0.1) is 11.3 Å².